The number of allylic oxidation sites excluding steroid dienone is 4. The molecule has 0 fully saturated rings. The molecule has 0 bridgehead atoms. The summed E-state index contributed by atoms with van der Waals surface area (Å²) in [5, 5.41) is 0. The zero-order valence-electron chi connectivity index (χ0n) is 17.3. The molecule has 0 unspecified atom stereocenters. The Hall–Kier alpha value is 0.568. The predicted octanol–water partition coefficient (Wildman–Crippen LogP) is 5.55. The molecule has 0 saturated heterocycles. The average Bonchev–Trinajstić information content (AvgIpc) is 3.18. The quantitative estimate of drug-likeness (QED) is 0.358. The van der Waals surface area contributed by atoms with E-state index in [1.165, 1.54) is 0 Å². The van der Waals surface area contributed by atoms with Crippen LogP contribution in [0.3, 0.4) is 0 Å². The SMILES string of the molecule is CC(C)(C)C[C]#[Mo].COP(OC)OC.COP(OC)OC.[CH]1C=CC=C1. The molecule has 0 N–H and O–H groups in total. The van der Waals surface area contributed by atoms with E-state index in [1.54, 1.807) is 42.7 Å². The van der Waals surface area contributed by atoms with Gasteiger partial charge in [-0.3, -0.25) is 0 Å². The van der Waals surface area contributed by atoms with Crippen LogP contribution in [0, 0.1) is 16.0 Å². The molecule has 0 atom stereocenters. The number of hydrogen-bond donors (Lipinski definition) is 0. The Balaban J connectivity index is -0.000000273. The van der Waals surface area contributed by atoms with Gasteiger partial charge in [-0.15, -0.1) is 0 Å². The summed E-state index contributed by atoms with van der Waals surface area (Å²) in [4.78, 5) is 0. The van der Waals surface area contributed by atoms with Crippen molar-refractivity contribution in [3.63, 3.8) is 0 Å². The summed E-state index contributed by atoms with van der Waals surface area (Å²) in [6.45, 7) is 6.64. The summed E-state index contributed by atoms with van der Waals surface area (Å²) in [5.41, 5.74) is 0.442. The molecular formula is C17H34MoO6P2. The first-order valence-electron chi connectivity index (χ1n) is 7.62. The van der Waals surface area contributed by atoms with Crippen LogP contribution in [0.25, 0.3) is 0 Å². The maximum Gasteiger partial charge on any atom is 0.331 e. The van der Waals surface area contributed by atoms with Crippen LogP contribution in [-0.2, 0) is 46.3 Å². The fraction of sp³-hybridized carbons (Fsp3) is 0.647. The van der Waals surface area contributed by atoms with Gasteiger partial charge in [0, 0.05) is 49.1 Å². The zero-order valence-corrected chi connectivity index (χ0v) is 21.1. The van der Waals surface area contributed by atoms with Crippen molar-refractivity contribution in [1.82, 2.24) is 0 Å². The first-order chi connectivity index (χ1) is 12.3. The van der Waals surface area contributed by atoms with E-state index in [1.807, 2.05) is 49.9 Å². The molecule has 0 aliphatic heterocycles. The van der Waals surface area contributed by atoms with Gasteiger partial charge in [-0.2, -0.15) is 0 Å². The molecule has 0 saturated carbocycles. The van der Waals surface area contributed by atoms with Gasteiger partial charge in [0.25, 0.3) is 0 Å². The third kappa shape index (κ3) is 29.3. The minimum Gasteiger partial charge on any atom is -0.316 e. The van der Waals surface area contributed by atoms with Gasteiger partial charge in [-0.05, 0) is 0 Å². The van der Waals surface area contributed by atoms with Crippen molar-refractivity contribution in [1.29, 1.82) is 0 Å². The Kier molecular flexibility index (Phi) is 28.4. The summed E-state index contributed by atoms with van der Waals surface area (Å²) < 4.78 is 31.1. The van der Waals surface area contributed by atoms with Gasteiger partial charge in [0.15, 0.2) is 0 Å². The van der Waals surface area contributed by atoms with Crippen LogP contribution in [0.1, 0.15) is 27.2 Å². The van der Waals surface area contributed by atoms with Crippen LogP contribution >= 0.6 is 17.2 Å². The van der Waals surface area contributed by atoms with Gasteiger partial charge in [-0.25, -0.2) is 0 Å². The Morgan fingerprint density at radius 1 is 0.692 bits per heavy atom. The maximum atomic E-state index is 4.67. The van der Waals surface area contributed by atoms with Gasteiger partial charge in [0.2, 0.25) is 0 Å². The van der Waals surface area contributed by atoms with Gasteiger partial charge in [-0.1, -0.05) is 24.3 Å². The second-order valence-electron chi connectivity index (χ2n) is 5.39. The molecule has 6 nitrogen and oxygen atoms in total. The van der Waals surface area contributed by atoms with Gasteiger partial charge >= 0.3 is 73.2 Å². The summed E-state index contributed by atoms with van der Waals surface area (Å²) in [5.74, 6) is 0. The fourth-order valence-corrected chi connectivity index (χ4v) is 2.94. The Morgan fingerprint density at radius 2 is 1.00 bits per heavy atom. The standard InChI is InChI=1S/C6H11.C5H5.2C3H9O3P.Mo/c1-5-6(2,3)4;1-2-4-5-3-1;2*1-4-7(5-2)6-3;/h5H2,2-4H3;1-5H;2*1-3H3;. The minimum absolute atomic E-state index is 0.442. The molecule has 154 valence electrons. The summed E-state index contributed by atoms with van der Waals surface area (Å²) in [6, 6.07) is 0. The molecule has 0 amide bonds. The molecule has 26 heavy (non-hydrogen) atoms. The van der Waals surface area contributed by atoms with Gasteiger partial charge in [0.1, 0.15) is 0 Å². The van der Waals surface area contributed by atoms with E-state index in [4.69, 9.17) is 0 Å². The summed E-state index contributed by atoms with van der Waals surface area (Å²) in [6.07, 6.45) is 11.1. The molecule has 1 rings (SSSR count). The molecule has 0 spiro atoms. The molecular weight excluding hydrogens is 458 g/mol. The van der Waals surface area contributed by atoms with E-state index in [-0.39, 0.29) is 0 Å². The molecule has 1 radical (unpaired) electrons. The second kappa shape index (κ2) is 23.6. The monoisotopic (exact) mass is 494 g/mol. The molecule has 9 heteroatoms. The van der Waals surface area contributed by atoms with Crippen molar-refractivity contribution in [3.05, 3.63) is 30.7 Å². The number of hydrogen-bond acceptors (Lipinski definition) is 6. The topological polar surface area (TPSA) is 55.4 Å². The Bertz CT molecular complexity index is 339. The fourth-order valence-electron chi connectivity index (χ4n) is 0.984. The van der Waals surface area contributed by atoms with Crippen molar-refractivity contribution in [2.75, 3.05) is 42.7 Å². The van der Waals surface area contributed by atoms with Crippen LogP contribution in [-0.4, -0.2) is 42.7 Å². The summed E-state index contributed by atoms with van der Waals surface area (Å²) in [7, 11) is 7.13. The van der Waals surface area contributed by atoms with Crippen molar-refractivity contribution < 1.29 is 46.3 Å². The zero-order chi connectivity index (χ0) is 20.8. The van der Waals surface area contributed by atoms with E-state index in [0.29, 0.717) is 5.41 Å². The molecule has 0 aromatic rings. The van der Waals surface area contributed by atoms with E-state index < -0.39 is 17.2 Å². The average molecular weight is 492 g/mol. The third-order valence-corrected chi connectivity index (χ3v) is 4.20. The van der Waals surface area contributed by atoms with Crippen LogP contribution < -0.4 is 0 Å². The van der Waals surface area contributed by atoms with Crippen LogP contribution in [0.15, 0.2) is 24.3 Å². The van der Waals surface area contributed by atoms with Crippen molar-refractivity contribution in [2.45, 2.75) is 27.2 Å². The smallest absolute Gasteiger partial charge is 0.316 e. The Labute approximate surface area is 173 Å². The maximum absolute atomic E-state index is 4.67. The minimum atomic E-state index is -1.05. The largest absolute Gasteiger partial charge is 0.331 e. The van der Waals surface area contributed by atoms with Crippen molar-refractivity contribution in [3.8, 4) is 4.20 Å². The Morgan fingerprint density at radius 3 is 1.04 bits per heavy atom. The van der Waals surface area contributed by atoms with E-state index in [9.17, 15) is 0 Å². The van der Waals surface area contributed by atoms with E-state index in [0.717, 1.165) is 6.42 Å². The summed E-state index contributed by atoms with van der Waals surface area (Å²) >= 11 is 1.92. The number of rotatable bonds is 6. The van der Waals surface area contributed by atoms with E-state index in [2.05, 4.69) is 52.1 Å². The molecule has 0 aromatic carbocycles. The molecule has 0 heterocycles. The van der Waals surface area contributed by atoms with Gasteiger partial charge < -0.3 is 27.1 Å². The first-order valence-corrected chi connectivity index (χ1v) is 10.8. The molecule has 1 aliphatic rings. The van der Waals surface area contributed by atoms with Crippen LogP contribution in [0.5, 0.6) is 0 Å². The molecule has 1 aliphatic carbocycles. The first kappa shape index (κ1) is 31.3. The predicted molar refractivity (Wildman–Crippen MR) is 106 cm³/mol. The van der Waals surface area contributed by atoms with Crippen molar-refractivity contribution in [2.24, 2.45) is 5.41 Å². The normalized spacial score (nSPS) is 11.8. The van der Waals surface area contributed by atoms with Crippen LogP contribution in [0.2, 0.25) is 0 Å². The molecule has 0 aromatic heterocycles. The van der Waals surface area contributed by atoms with Crippen LogP contribution in [0.4, 0.5) is 0 Å². The third-order valence-electron chi connectivity index (χ3n) is 2.05. The van der Waals surface area contributed by atoms with Gasteiger partial charge in [0.05, 0.1) is 0 Å². The second-order valence-corrected chi connectivity index (χ2v) is 9.18. The van der Waals surface area contributed by atoms with E-state index >= 15 is 0 Å². The van der Waals surface area contributed by atoms with Crippen molar-refractivity contribution >= 4 is 17.2 Å².